The van der Waals surface area contributed by atoms with E-state index in [1.54, 1.807) is 33.7 Å². The smallest absolute Gasteiger partial charge is 0.267 e. The Hall–Kier alpha value is -3.20. The van der Waals surface area contributed by atoms with Crippen molar-refractivity contribution >= 4 is 0 Å². The van der Waals surface area contributed by atoms with Crippen LogP contribution in [0.25, 0.3) is 11.6 Å². The third-order valence-electron chi connectivity index (χ3n) is 5.48. The van der Waals surface area contributed by atoms with Gasteiger partial charge in [0.1, 0.15) is 5.69 Å². The van der Waals surface area contributed by atoms with E-state index in [0.717, 1.165) is 43.7 Å². The van der Waals surface area contributed by atoms with Gasteiger partial charge in [-0.3, -0.25) is 9.88 Å². The van der Waals surface area contributed by atoms with Gasteiger partial charge in [-0.05, 0) is 32.4 Å². The van der Waals surface area contributed by atoms with E-state index < -0.39 is 0 Å². The van der Waals surface area contributed by atoms with Crippen molar-refractivity contribution in [3.05, 3.63) is 41.7 Å². The lowest BCUT2D eigenvalue weighted by molar-refractivity contribution is 0.184. The molecule has 0 saturated carbocycles. The summed E-state index contributed by atoms with van der Waals surface area (Å²) in [5.74, 6) is 3.16. The molecular weight excluding hydrogens is 398 g/mol. The quantitative estimate of drug-likeness (QED) is 0.565. The van der Waals surface area contributed by atoms with Gasteiger partial charge in [0, 0.05) is 24.8 Å². The van der Waals surface area contributed by atoms with Crippen LogP contribution in [-0.4, -0.2) is 59.5 Å². The van der Waals surface area contributed by atoms with Crippen molar-refractivity contribution < 1.29 is 18.6 Å². The van der Waals surface area contributed by atoms with Crippen LogP contribution in [0.5, 0.6) is 17.2 Å². The molecule has 4 rings (SSSR count). The molecule has 9 heteroatoms. The first-order valence-corrected chi connectivity index (χ1v) is 10.3. The van der Waals surface area contributed by atoms with Crippen LogP contribution in [0.2, 0.25) is 0 Å². The van der Waals surface area contributed by atoms with Crippen LogP contribution in [0.4, 0.5) is 0 Å². The van der Waals surface area contributed by atoms with E-state index in [0.29, 0.717) is 34.7 Å². The standard InChI is InChI=1S/C22H27N5O4/c1-14-10-24-17(11-23-14)22-26-25-21(31-22)16-6-5-9-27(13-16)12-15-7-8-18(28-2)20(30-4)19(15)29-3/h7-8,10-11,16H,5-6,9,12-13H2,1-4H3/t16-/m1/s1. The topological polar surface area (TPSA) is 95.6 Å². The van der Waals surface area contributed by atoms with Crippen LogP contribution in [0, 0.1) is 6.92 Å². The zero-order chi connectivity index (χ0) is 21.8. The van der Waals surface area contributed by atoms with Gasteiger partial charge in [-0.1, -0.05) is 6.07 Å². The second-order valence-electron chi connectivity index (χ2n) is 7.56. The minimum Gasteiger partial charge on any atom is -0.493 e. The van der Waals surface area contributed by atoms with Gasteiger partial charge in [0.25, 0.3) is 5.89 Å². The molecule has 1 atom stereocenters. The van der Waals surface area contributed by atoms with Crippen LogP contribution in [-0.2, 0) is 6.54 Å². The van der Waals surface area contributed by atoms with Crippen molar-refractivity contribution in [1.82, 2.24) is 25.1 Å². The van der Waals surface area contributed by atoms with Crippen molar-refractivity contribution in [3.63, 3.8) is 0 Å². The summed E-state index contributed by atoms with van der Waals surface area (Å²) in [6, 6.07) is 3.93. The molecule has 31 heavy (non-hydrogen) atoms. The van der Waals surface area contributed by atoms with Crippen LogP contribution in [0.1, 0.15) is 35.9 Å². The zero-order valence-corrected chi connectivity index (χ0v) is 18.3. The highest BCUT2D eigenvalue weighted by atomic mass is 16.5. The van der Waals surface area contributed by atoms with E-state index in [4.69, 9.17) is 18.6 Å². The van der Waals surface area contributed by atoms with Gasteiger partial charge < -0.3 is 18.6 Å². The Kier molecular flexibility index (Phi) is 6.31. The molecule has 164 valence electrons. The first-order valence-electron chi connectivity index (χ1n) is 10.3. The Labute approximate surface area is 181 Å². The van der Waals surface area contributed by atoms with E-state index in [-0.39, 0.29) is 5.92 Å². The highest BCUT2D eigenvalue weighted by Crippen LogP contribution is 2.40. The number of rotatable bonds is 7. The molecule has 9 nitrogen and oxygen atoms in total. The number of benzene rings is 1. The van der Waals surface area contributed by atoms with Gasteiger partial charge >= 0.3 is 0 Å². The zero-order valence-electron chi connectivity index (χ0n) is 18.3. The number of hydrogen-bond donors (Lipinski definition) is 0. The lowest BCUT2D eigenvalue weighted by Crippen LogP contribution is -2.34. The molecule has 0 unspecified atom stereocenters. The molecule has 0 spiro atoms. The first kappa shape index (κ1) is 21.0. The minimum absolute atomic E-state index is 0.166. The average molecular weight is 425 g/mol. The molecule has 3 aromatic rings. The molecule has 1 aliphatic rings. The summed E-state index contributed by atoms with van der Waals surface area (Å²) in [7, 11) is 4.88. The maximum absolute atomic E-state index is 5.95. The SMILES string of the molecule is COc1ccc(CN2CCC[C@@H](c3nnc(-c4cnc(C)cn4)o3)C2)c(OC)c1OC. The largest absolute Gasteiger partial charge is 0.493 e. The molecule has 0 N–H and O–H groups in total. The lowest BCUT2D eigenvalue weighted by atomic mass is 9.97. The molecule has 0 aliphatic carbocycles. The minimum atomic E-state index is 0.166. The second kappa shape index (κ2) is 9.30. The number of hydrogen-bond acceptors (Lipinski definition) is 9. The maximum atomic E-state index is 5.95. The Morgan fingerprint density at radius 3 is 2.58 bits per heavy atom. The number of ether oxygens (including phenoxy) is 3. The highest BCUT2D eigenvalue weighted by molar-refractivity contribution is 5.55. The number of aromatic nitrogens is 4. The van der Waals surface area contributed by atoms with E-state index in [1.165, 1.54) is 0 Å². The Morgan fingerprint density at radius 2 is 1.87 bits per heavy atom. The van der Waals surface area contributed by atoms with Gasteiger partial charge in [-0.2, -0.15) is 0 Å². The molecule has 1 aliphatic heterocycles. The van der Waals surface area contributed by atoms with Crippen molar-refractivity contribution in [2.24, 2.45) is 0 Å². The lowest BCUT2D eigenvalue weighted by Gasteiger charge is -2.31. The summed E-state index contributed by atoms with van der Waals surface area (Å²) in [4.78, 5) is 10.9. The summed E-state index contributed by atoms with van der Waals surface area (Å²) >= 11 is 0. The fourth-order valence-corrected chi connectivity index (χ4v) is 3.94. The van der Waals surface area contributed by atoms with Crippen LogP contribution in [0.15, 0.2) is 28.9 Å². The number of nitrogens with zero attached hydrogens (tertiary/aromatic N) is 5. The molecule has 3 heterocycles. The van der Waals surface area contributed by atoms with Gasteiger partial charge in [0.05, 0.1) is 39.1 Å². The summed E-state index contributed by atoms with van der Waals surface area (Å²) in [5, 5.41) is 8.47. The number of aryl methyl sites for hydroxylation is 1. The van der Waals surface area contributed by atoms with E-state index in [2.05, 4.69) is 25.1 Å². The summed E-state index contributed by atoms with van der Waals surface area (Å²) < 4.78 is 22.5. The van der Waals surface area contributed by atoms with Crippen LogP contribution in [0.3, 0.4) is 0 Å². The van der Waals surface area contributed by atoms with Crippen LogP contribution < -0.4 is 14.2 Å². The van der Waals surface area contributed by atoms with E-state index >= 15 is 0 Å². The molecule has 0 radical (unpaired) electrons. The fourth-order valence-electron chi connectivity index (χ4n) is 3.94. The molecule has 0 amide bonds. The average Bonchev–Trinajstić information content (AvgIpc) is 3.29. The molecular formula is C22H27N5O4. The third-order valence-corrected chi connectivity index (χ3v) is 5.48. The van der Waals surface area contributed by atoms with Crippen molar-refractivity contribution in [2.45, 2.75) is 32.2 Å². The van der Waals surface area contributed by atoms with Crippen LogP contribution >= 0.6 is 0 Å². The predicted octanol–water partition coefficient (Wildman–Crippen LogP) is 3.24. The Balaban J connectivity index is 1.49. The molecule has 1 aromatic carbocycles. The molecule has 1 fully saturated rings. The van der Waals surface area contributed by atoms with Gasteiger partial charge in [-0.25, -0.2) is 4.98 Å². The van der Waals surface area contributed by atoms with Crippen molar-refractivity contribution in [1.29, 1.82) is 0 Å². The van der Waals surface area contributed by atoms with Gasteiger partial charge in [-0.15, -0.1) is 10.2 Å². The normalized spacial score (nSPS) is 16.8. The molecule has 0 bridgehead atoms. The Morgan fingerprint density at radius 1 is 1.03 bits per heavy atom. The van der Waals surface area contributed by atoms with Gasteiger partial charge in [0.15, 0.2) is 11.5 Å². The second-order valence-corrected chi connectivity index (χ2v) is 7.56. The number of piperidine rings is 1. The summed E-state index contributed by atoms with van der Waals surface area (Å²) in [5.41, 5.74) is 2.48. The monoisotopic (exact) mass is 425 g/mol. The summed E-state index contributed by atoms with van der Waals surface area (Å²) in [6.07, 6.45) is 5.39. The maximum Gasteiger partial charge on any atom is 0.267 e. The first-order chi connectivity index (χ1) is 15.1. The Bertz CT molecular complexity index is 1020. The highest BCUT2D eigenvalue weighted by Gasteiger charge is 2.27. The summed E-state index contributed by atoms with van der Waals surface area (Å²) in [6.45, 7) is 4.42. The molecule has 2 aromatic heterocycles. The number of methoxy groups -OCH3 is 3. The molecule has 1 saturated heterocycles. The third kappa shape index (κ3) is 4.46. The van der Waals surface area contributed by atoms with Crippen molar-refractivity contribution in [2.75, 3.05) is 34.4 Å². The van der Waals surface area contributed by atoms with Crippen molar-refractivity contribution in [3.8, 4) is 28.8 Å². The van der Waals surface area contributed by atoms with Gasteiger partial charge in [0.2, 0.25) is 11.6 Å². The van der Waals surface area contributed by atoms with E-state index in [9.17, 15) is 0 Å². The van der Waals surface area contributed by atoms with E-state index in [1.807, 2.05) is 19.1 Å². The number of likely N-dealkylation sites (tertiary alicyclic amines) is 1. The fraction of sp³-hybridized carbons (Fsp3) is 0.455. The predicted molar refractivity (Wildman–Crippen MR) is 113 cm³/mol.